The molecule has 1 amide bonds. The molecule has 1 saturated heterocycles. The Morgan fingerprint density at radius 1 is 1.33 bits per heavy atom. The molecule has 1 aromatic rings. The molecule has 1 aromatic carbocycles. The third kappa shape index (κ3) is 5.85. The number of rotatable bonds is 7. The molecule has 1 aliphatic heterocycles. The molecule has 2 rings (SSSR count). The largest absolute Gasteiger partial charge is 0.365 e. The van der Waals surface area contributed by atoms with Crippen LogP contribution in [0.4, 0.5) is 5.69 Å². The topological polar surface area (TPSA) is 69.7 Å². The van der Waals surface area contributed by atoms with E-state index in [1.165, 1.54) is 0 Å². The highest BCUT2D eigenvalue weighted by molar-refractivity contribution is 7.92. The monoisotopic (exact) mass is 433 g/mol. The average molecular weight is 434 g/mol. The first-order chi connectivity index (χ1) is 12.7. The lowest BCUT2D eigenvalue weighted by Crippen LogP contribution is -2.48. The molecule has 9 heteroatoms. The highest BCUT2D eigenvalue weighted by Crippen LogP contribution is 2.31. The number of anilines is 1. The van der Waals surface area contributed by atoms with Crippen LogP contribution >= 0.6 is 23.2 Å². The number of likely N-dealkylation sites (tertiary alicyclic amines) is 1. The Morgan fingerprint density at radius 2 is 1.93 bits per heavy atom. The number of hydrogen-bond donors (Lipinski definition) is 1. The van der Waals surface area contributed by atoms with Crippen LogP contribution in [-0.4, -0.2) is 51.9 Å². The average Bonchev–Trinajstić information content (AvgIpc) is 2.63. The minimum atomic E-state index is -3.45. The Kier molecular flexibility index (Phi) is 7.56. The maximum atomic E-state index is 12.7. The number of carbonyl (C=O) groups is 1. The third-order valence-corrected chi connectivity index (χ3v) is 6.51. The van der Waals surface area contributed by atoms with Crippen LogP contribution in [0.3, 0.4) is 0 Å². The molecule has 0 atom stereocenters. The van der Waals surface area contributed by atoms with Gasteiger partial charge in [-0.15, -0.1) is 0 Å². The van der Waals surface area contributed by atoms with Gasteiger partial charge in [-0.3, -0.25) is 4.79 Å². The Balaban J connectivity index is 1.96. The van der Waals surface area contributed by atoms with Gasteiger partial charge in [-0.1, -0.05) is 36.7 Å². The summed E-state index contributed by atoms with van der Waals surface area (Å²) in [5, 5.41) is 1.86. The van der Waals surface area contributed by atoms with Gasteiger partial charge in [0, 0.05) is 37.3 Å². The van der Waals surface area contributed by atoms with Crippen molar-refractivity contribution in [3.8, 4) is 0 Å². The number of amides is 1. The number of halogens is 2. The number of aryl methyl sites for hydroxylation is 1. The Bertz CT molecular complexity index is 806. The van der Waals surface area contributed by atoms with E-state index < -0.39 is 10.0 Å². The summed E-state index contributed by atoms with van der Waals surface area (Å²) in [5.74, 6) is -0.00402. The molecule has 0 saturated carbocycles. The Labute approximate surface area is 171 Å². The second-order valence-corrected chi connectivity index (χ2v) is 9.06. The van der Waals surface area contributed by atoms with Crippen molar-refractivity contribution in [1.29, 1.82) is 0 Å². The molecule has 0 aliphatic carbocycles. The van der Waals surface area contributed by atoms with Gasteiger partial charge in [-0.05, 0) is 37.0 Å². The molecule has 0 radical (unpaired) electrons. The van der Waals surface area contributed by atoms with E-state index in [-0.39, 0.29) is 18.5 Å². The van der Waals surface area contributed by atoms with Crippen LogP contribution < -0.4 is 9.62 Å². The fourth-order valence-electron chi connectivity index (χ4n) is 3.13. The summed E-state index contributed by atoms with van der Waals surface area (Å²) < 4.78 is 25.7. The van der Waals surface area contributed by atoms with Crippen LogP contribution in [0, 0.1) is 0 Å². The molecule has 1 aliphatic rings. The maximum absolute atomic E-state index is 12.7. The van der Waals surface area contributed by atoms with Crippen molar-refractivity contribution in [2.24, 2.45) is 0 Å². The van der Waals surface area contributed by atoms with Crippen LogP contribution in [-0.2, 0) is 21.2 Å². The minimum Gasteiger partial charge on any atom is -0.365 e. The highest BCUT2D eigenvalue weighted by Gasteiger charge is 2.26. The van der Waals surface area contributed by atoms with Crippen LogP contribution in [0.25, 0.3) is 0 Å². The summed E-state index contributed by atoms with van der Waals surface area (Å²) in [5.41, 5.74) is 1.91. The second kappa shape index (κ2) is 9.28. The molecular formula is C18H25Cl2N3O3S. The van der Waals surface area contributed by atoms with E-state index >= 15 is 0 Å². The molecule has 0 bridgehead atoms. The van der Waals surface area contributed by atoms with Crippen molar-refractivity contribution in [2.45, 2.75) is 32.2 Å². The van der Waals surface area contributed by atoms with Crippen molar-refractivity contribution >= 4 is 44.8 Å². The molecule has 1 fully saturated rings. The highest BCUT2D eigenvalue weighted by atomic mass is 35.5. The first-order valence-electron chi connectivity index (χ1n) is 8.78. The lowest BCUT2D eigenvalue weighted by molar-refractivity contribution is -0.130. The van der Waals surface area contributed by atoms with Crippen LogP contribution in [0.15, 0.2) is 24.1 Å². The standard InChI is InChI=1S/C18H25Cl2N3O3S/c1-4-13-10-15(19)16(20)11-17(13)22(3)12-18(24)23-8-6-14(7-9-23)21-27(25,26)5-2/h5,10-11,14,21H,2,4,6-9,12H2,1,3H3. The van der Waals surface area contributed by atoms with Crippen LogP contribution in [0.5, 0.6) is 0 Å². The summed E-state index contributed by atoms with van der Waals surface area (Å²) in [6.45, 7) is 6.55. The predicted octanol–water partition coefficient (Wildman–Crippen LogP) is 3.05. The Hall–Kier alpha value is -1.28. The smallest absolute Gasteiger partial charge is 0.242 e. The number of carbonyl (C=O) groups excluding carboxylic acids is 1. The number of likely N-dealkylation sites (N-methyl/N-ethyl adjacent to an activating group) is 1. The van der Waals surface area contributed by atoms with Gasteiger partial charge in [0.15, 0.2) is 0 Å². The molecular weight excluding hydrogens is 409 g/mol. The predicted molar refractivity (Wildman–Crippen MR) is 111 cm³/mol. The van der Waals surface area contributed by atoms with Crippen LogP contribution in [0.1, 0.15) is 25.3 Å². The number of piperidine rings is 1. The summed E-state index contributed by atoms with van der Waals surface area (Å²) >= 11 is 12.2. The number of nitrogens with one attached hydrogen (secondary N) is 1. The van der Waals surface area contributed by atoms with Gasteiger partial charge in [0.1, 0.15) is 0 Å². The molecule has 150 valence electrons. The second-order valence-electron chi connectivity index (χ2n) is 6.59. The van der Waals surface area contributed by atoms with E-state index in [0.717, 1.165) is 23.1 Å². The van der Waals surface area contributed by atoms with Crippen molar-refractivity contribution in [3.05, 3.63) is 39.7 Å². The van der Waals surface area contributed by atoms with Crippen molar-refractivity contribution in [1.82, 2.24) is 9.62 Å². The zero-order chi connectivity index (χ0) is 20.2. The van der Waals surface area contributed by atoms with Gasteiger partial charge in [0.25, 0.3) is 0 Å². The lowest BCUT2D eigenvalue weighted by atomic mass is 10.1. The van der Waals surface area contributed by atoms with Gasteiger partial charge < -0.3 is 9.80 Å². The Morgan fingerprint density at radius 3 is 2.48 bits per heavy atom. The quantitative estimate of drug-likeness (QED) is 0.716. The zero-order valence-electron chi connectivity index (χ0n) is 15.5. The molecule has 27 heavy (non-hydrogen) atoms. The number of sulfonamides is 1. The van der Waals surface area contributed by atoms with E-state index in [4.69, 9.17) is 23.2 Å². The normalized spacial score (nSPS) is 15.6. The first-order valence-corrected chi connectivity index (χ1v) is 11.1. The van der Waals surface area contributed by atoms with Crippen molar-refractivity contribution in [3.63, 3.8) is 0 Å². The molecule has 1 heterocycles. The molecule has 6 nitrogen and oxygen atoms in total. The summed E-state index contributed by atoms with van der Waals surface area (Å²) in [6.07, 6.45) is 1.94. The summed E-state index contributed by atoms with van der Waals surface area (Å²) in [7, 11) is -1.60. The lowest BCUT2D eigenvalue weighted by Gasteiger charge is -2.33. The van der Waals surface area contributed by atoms with Gasteiger partial charge in [-0.2, -0.15) is 0 Å². The van der Waals surface area contributed by atoms with Crippen LogP contribution in [0.2, 0.25) is 10.0 Å². The van der Waals surface area contributed by atoms with Crippen molar-refractivity contribution in [2.75, 3.05) is 31.6 Å². The van der Waals surface area contributed by atoms with E-state index in [1.54, 1.807) is 11.0 Å². The van der Waals surface area contributed by atoms with Gasteiger partial charge in [-0.25, -0.2) is 13.1 Å². The maximum Gasteiger partial charge on any atom is 0.242 e. The van der Waals surface area contributed by atoms with Gasteiger partial charge in [0.2, 0.25) is 15.9 Å². The molecule has 0 aromatic heterocycles. The zero-order valence-corrected chi connectivity index (χ0v) is 17.9. The van der Waals surface area contributed by atoms with Gasteiger partial charge in [0.05, 0.1) is 16.6 Å². The fourth-order valence-corrected chi connectivity index (χ4v) is 4.27. The summed E-state index contributed by atoms with van der Waals surface area (Å²) in [6, 6.07) is 3.44. The number of nitrogens with zero attached hydrogens (tertiary/aromatic N) is 2. The SMILES string of the molecule is C=CS(=O)(=O)NC1CCN(C(=O)CN(C)c2cc(Cl)c(Cl)cc2CC)CC1. The fraction of sp³-hybridized carbons (Fsp3) is 0.500. The molecule has 0 unspecified atom stereocenters. The molecule has 1 N–H and O–H groups in total. The van der Waals surface area contributed by atoms with Crippen molar-refractivity contribution < 1.29 is 13.2 Å². The number of benzene rings is 1. The summed E-state index contributed by atoms with van der Waals surface area (Å²) in [4.78, 5) is 16.3. The van der Waals surface area contributed by atoms with Gasteiger partial charge >= 0.3 is 0 Å². The van der Waals surface area contributed by atoms with E-state index in [1.807, 2.05) is 24.9 Å². The minimum absolute atomic E-state index is 0.00402. The third-order valence-electron chi connectivity index (χ3n) is 4.68. The van der Waals surface area contributed by atoms with E-state index in [2.05, 4.69) is 11.3 Å². The molecule has 0 spiro atoms. The number of hydrogen-bond acceptors (Lipinski definition) is 4. The van der Waals surface area contributed by atoms with E-state index in [9.17, 15) is 13.2 Å². The first kappa shape index (κ1) is 22.0. The van der Waals surface area contributed by atoms with E-state index in [0.29, 0.717) is 36.0 Å².